The zero-order valence-electron chi connectivity index (χ0n) is 15.5. The summed E-state index contributed by atoms with van der Waals surface area (Å²) in [4.78, 5) is 25.1. The molecule has 0 spiro atoms. The molecule has 0 bridgehead atoms. The number of hydrogen-bond donors (Lipinski definition) is 0. The second-order valence-corrected chi connectivity index (χ2v) is 6.05. The highest BCUT2D eigenvalue weighted by Crippen LogP contribution is 2.16. The van der Waals surface area contributed by atoms with E-state index in [2.05, 4.69) is 14.9 Å². The molecular weight excluding hydrogens is 350 g/mol. The van der Waals surface area contributed by atoms with E-state index in [9.17, 15) is 9.59 Å². The molecule has 8 nitrogen and oxygen atoms in total. The minimum atomic E-state index is -0.625. The standard InChI is InChI=1S/C19H19N3O5/c1-11-5-7-15(12(2)9-11)22-20-13(3)17(21-22)19(24)26-10-14-6-8-16(27-14)18(23)25-4/h5-9H,10H2,1-4H3. The molecule has 0 N–H and O–H groups in total. The monoisotopic (exact) mass is 369 g/mol. The Labute approximate surface area is 155 Å². The van der Waals surface area contributed by atoms with Gasteiger partial charge in [-0.05, 0) is 44.5 Å². The molecule has 3 aromatic rings. The van der Waals surface area contributed by atoms with Crippen molar-refractivity contribution >= 4 is 11.9 Å². The lowest BCUT2D eigenvalue weighted by atomic mass is 10.1. The lowest BCUT2D eigenvalue weighted by Gasteiger charge is -2.05. The van der Waals surface area contributed by atoms with Crippen molar-refractivity contribution in [3.8, 4) is 5.69 Å². The molecule has 0 fully saturated rings. The van der Waals surface area contributed by atoms with Crippen LogP contribution in [0.25, 0.3) is 5.69 Å². The Kier molecular flexibility index (Phi) is 5.07. The van der Waals surface area contributed by atoms with E-state index >= 15 is 0 Å². The molecule has 2 aromatic heterocycles. The highest BCUT2D eigenvalue weighted by molar-refractivity contribution is 5.88. The Morgan fingerprint density at radius 3 is 2.56 bits per heavy atom. The number of hydrogen-bond acceptors (Lipinski definition) is 7. The molecule has 27 heavy (non-hydrogen) atoms. The molecule has 0 atom stereocenters. The van der Waals surface area contributed by atoms with Crippen LogP contribution in [0.3, 0.4) is 0 Å². The van der Waals surface area contributed by atoms with E-state index in [0.29, 0.717) is 11.5 Å². The molecule has 8 heteroatoms. The largest absolute Gasteiger partial charge is 0.463 e. The van der Waals surface area contributed by atoms with Crippen molar-refractivity contribution in [2.45, 2.75) is 27.4 Å². The first-order valence-electron chi connectivity index (χ1n) is 8.24. The van der Waals surface area contributed by atoms with Crippen molar-refractivity contribution in [3.63, 3.8) is 0 Å². The van der Waals surface area contributed by atoms with Crippen LogP contribution in [0, 0.1) is 20.8 Å². The summed E-state index contributed by atoms with van der Waals surface area (Å²) in [5.74, 6) is -0.858. The smallest absolute Gasteiger partial charge is 0.373 e. The van der Waals surface area contributed by atoms with Crippen molar-refractivity contribution < 1.29 is 23.5 Å². The van der Waals surface area contributed by atoms with Gasteiger partial charge in [-0.15, -0.1) is 5.10 Å². The first-order chi connectivity index (χ1) is 12.9. The Morgan fingerprint density at radius 2 is 1.85 bits per heavy atom. The predicted octanol–water partition coefficient (Wildman–Crippen LogP) is 2.93. The number of aryl methyl sites for hydroxylation is 3. The lowest BCUT2D eigenvalue weighted by Crippen LogP contribution is -2.08. The average molecular weight is 369 g/mol. The van der Waals surface area contributed by atoms with Crippen LogP contribution in [0.1, 0.15) is 43.6 Å². The van der Waals surface area contributed by atoms with E-state index in [4.69, 9.17) is 9.15 Å². The molecule has 0 unspecified atom stereocenters. The average Bonchev–Trinajstić information content (AvgIpc) is 3.26. The number of ether oxygens (including phenoxy) is 2. The van der Waals surface area contributed by atoms with E-state index in [1.54, 1.807) is 13.0 Å². The Balaban J connectivity index is 1.73. The van der Waals surface area contributed by atoms with Crippen LogP contribution in [-0.4, -0.2) is 34.0 Å². The van der Waals surface area contributed by atoms with Gasteiger partial charge in [0.1, 0.15) is 12.4 Å². The molecule has 0 saturated carbocycles. The fourth-order valence-corrected chi connectivity index (χ4v) is 2.58. The quantitative estimate of drug-likeness (QED) is 0.638. The van der Waals surface area contributed by atoms with Gasteiger partial charge in [0.2, 0.25) is 5.76 Å². The summed E-state index contributed by atoms with van der Waals surface area (Å²) >= 11 is 0. The van der Waals surface area contributed by atoms with Gasteiger partial charge in [0, 0.05) is 0 Å². The summed E-state index contributed by atoms with van der Waals surface area (Å²) in [6.07, 6.45) is 0. The van der Waals surface area contributed by atoms with Gasteiger partial charge in [-0.3, -0.25) is 0 Å². The molecule has 0 saturated heterocycles. The lowest BCUT2D eigenvalue weighted by molar-refractivity contribution is 0.0430. The van der Waals surface area contributed by atoms with Gasteiger partial charge >= 0.3 is 11.9 Å². The Morgan fingerprint density at radius 1 is 1.07 bits per heavy atom. The van der Waals surface area contributed by atoms with Crippen LogP contribution in [0.4, 0.5) is 0 Å². The molecule has 3 rings (SSSR count). The summed E-state index contributed by atoms with van der Waals surface area (Å²) in [5, 5.41) is 8.56. The van der Waals surface area contributed by atoms with Crippen molar-refractivity contribution in [2.75, 3.05) is 7.11 Å². The van der Waals surface area contributed by atoms with E-state index in [1.807, 2.05) is 32.0 Å². The normalized spacial score (nSPS) is 10.7. The molecule has 2 heterocycles. The van der Waals surface area contributed by atoms with Gasteiger partial charge in [0.25, 0.3) is 0 Å². The first-order valence-corrected chi connectivity index (χ1v) is 8.24. The number of aromatic nitrogens is 3. The van der Waals surface area contributed by atoms with Gasteiger partial charge in [-0.2, -0.15) is 9.90 Å². The number of benzene rings is 1. The number of rotatable bonds is 5. The highest BCUT2D eigenvalue weighted by atomic mass is 16.6. The van der Waals surface area contributed by atoms with Gasteiger partial charge in [0.05, 0.1) is 18.5 Å². The number of furan rings is 1. The first kappa shape index (κ1) is 18.4. The molecule has 0 aliphatic heterocycles. The molecule has 0 aliphatic carbocycles. The molecule has 1 aromatic carbocycles. The minimum Gasteiger partial charge on any atom is -0.463 e. The minimum absolute atomic E-state index is 0.0421. The molecule has 140 valence electrons. The van der Waals surface area contributed by atoms with E-state index < -0.39 is 11.9 Å². The molecule has 0 radical (unpaired) electrons. The maximum absolute atomic E-state index is 12.3. The van der Waals surface area contributed by atoms with Gasteiger partial charge in [-0.25, -0.2) is 9.59 Å². The second kappa shape index (κ2) is 7.45. The molecule has 0 amide bonds. The van der Waals surface area contributed by atoms with Crippen molar-refractivity contribution in [1.82, 2.24) is 15.0 Å². The van der Waals surface area contributed by atoms with Gasteiger partial charge in [-0.1, -0.05) is 17.7 Å². The molecule has 0 aliphatic rings. The van der Waals surface area contributed by atoms with E-state index in [1.165, 1.54) is 18.0 Å². The number of carbonyl (C=O) groups is 2. The number of esters is 2. The highest BCUT2D eigenvalue weighted by Gasteiger charge is 2.20. The van der Waals surface area contributed by atoms with Crippen LogP contribution < -0.4 is 0 Å². The summed E-state index contributed by atoms with van der Waals surface area (Å²) in [7, 11) is 1.26. The molecular formula is C19H19N3O5. The van der Waals surface area contributed by atoms with Crippen LogP contribution in [0.15, 0.2) is 34.7 Å². The summed E-state index contributed by atoms with van der Waals surface area (Å²) in [6.45, 7) is 5.51. The number of methoxy groups -OCH3 is 1. The summed E-state index contributed by atoms with van der Waals surface area (Å²) in [5.41, 5.74) is 3.49. The van der Waals surface area contributed by atoms with Crippen LogP contribution in [-0.2, 0) is 16.1 Å². The van der Waals surface area contributed by atoms with Crippen LogP contribution in [0.2, 0.25) is 0 Å². The Bertz CT molecular complexity index is 1000. The summed E-state index contributed by atoms with van der Waals surface area (Å²) < 4.78 is 15.0. The third-order valence-corrected chi connectivity index (χ3v) is 3.94. The topological polar surface area (TPSA) is 96.5 Å². The Hall–Kier alpha value is -3.42. The fourth-order valence-electron chi connectivity index (χ4n) is 2.58. The van der Waals surface area contributed by atoms with Crippen molar-refractivity contribution in [2.24, 2.45) is 0 Å². The van der Waals surface area contributed by atoms with E-state index in [-0.39, 0.29) is 18.1 Å². The predicted molar refractivity (Wildman–Crippen MR) is 94.7 cm³/mol. The third kappa shape index (κ3) is 3.89. The number of nitrogens with zero attached hydrogens (tertiary/aromatic N) is 3. The van der Waals surface area contributed by atoms with Gasteiger partial charge < -0.3 is 13.9 Å². The maximum atomic E-state index is 12.3. The second-order valence-electron chi connectivity index (χ2n) is 6.05. The van der Waals surface area contributed by atoms with Crippen LogP contribution in [0.5, 0.6) is 0 Å². The van der Waals surface area contributed by atoms with E-state index in [0.717, 1.165) is 16.8 Å². The zero-order chi connectivity index (χ0) is 19.6. The fraction of sp³-hybridized carbons (Fsp3) is 0.263. The van der Waals surface area contributed by atoms with Crippen LogP contribution >= 0.6 is 0 Å². The third-order valence-electron chi connectivity index (χ3n) is 3.94. The maximum Gasteiger partial charge on any atom is 0.373 e. The zero-order valence-corrected chi connectivity index (χ0v) is 15.5. The summed E-state index contributed by atoms with van der Waals surface area (Å²) in [6, 6.07) is 8.86. The number of carbonyl (C=O) groups excluding carboxylic acids is 2. The van der Waals surface area contributed by atoms with Gasteiger partial charge in [0.15, 0.2) is 5.69 Å². The van der Waals surface area contributed by atoms with Crippen molar-refractivity contribution in [1.29, 1.82) is 0 Å². The van der Waals surface area contributed by atoms with Crippen molar-refractivity contribution in [3.05, 3.63) is 64.4 Å². The SMILES string of the molecule is COC(=O)c1ccc(COC(=O)c2nn(-c3ccc(C)cc3C)nc2C)o1.